The van der Waals surface area contributed by atoms with Gasteiger partial charge in [0.15, 0.2) is 5.78 Å². The second-order valence-electron chi connectivity index (χ2n) is 3.90. The summed E-state index contributed by atoms with van der Waals surface area (Å²) in [5.41, 5.74) is 4.35. The minimum Gasteiger partial charge on any atom is -0.289 e. The molecule has 3 rings (SSSR count). The summed E-state index contributed by atoms with van der Waals surface area (Å²) in [6.07, 6.45) is 0. The van der Waals surface area contributed by atoms with Gasteiger partial charge >= 0.3 is 0 Å². The van der Waals surface area contributed by atoms with E-state index in [0.717, 1.165) is 27.8 Å². The van der Waals surface area contributed by atoms with Crippen molar-refractivity contribution in [2.45, 2.75) is 13.8 Å². The Morgan fingerprint density at radius 3 is 1.44 bits per heavy atom. The van der Waals surface area contributed by atoms with E-state index in [1.165, 1.54) is 0 Å². The van der Waals surface area contributed by atoms with Crippen LogP contribution in [0, 0.1) is 0 Å². The molecule has 0 N–H and O–H groups in total. The molecule has 1 heteroatoms. The summed E-state index contributed by atoms with van der Waals surface area (Å²) in [6.45, 7) is 8.08. The SMILES string of the molecule is C=C1c2ccccc2C(=O)c2ccccc21.CC. The van der Waals surface area contributed by atoms with Crippen LogP contribution in [0.15, 0.2) is 55.1 Å². The van der Waals surface area contributed by atoms with Crippen LogP contribution in [-0.2, 0) is 0 Å². The summed E-state index contributed by atoms with van der Waals surface area (Å²) in [4.78, 5) is 12.2. The zero-order chi connectivity index (χ0) is 13.1. The van der Waals surface area contributed by atoms with Gasteiger partial charge in [-0.2, -0.15) is 0 Å². The molecule has 0 saturated heterocycles. The molecule has 0 bridgehead atoms. The molecule has 1 nitrogen and oxygen atoms in total. The molecule has 0 aromatic heterocycles. The summed E-state index contributed by atoms with van der Waals surface area (Å²) in [5.74, 6) is 0.0959. The van der Waals surface area contributed by atoms with Crippen molar-refractivity contribution in [2.75, 3.05) is 0 Å². The van der Waals surface area contributed by atoms with Crippen molar-refractivity contribution in [3.05, 3.63) is 77.4 Å². The summed E-state index contributed by atoms with van der Waals surface area (Å²) in [7, 11) is 0. The maximum Gasteiger partial charge on any atom is 0.194 e. The lowest BCUT2D eigenvalue weighted by Gasteiger charge is -2.20. The Kier molecular flexibility index (Phi) is 3.42. The van der Waals surface area contributed by atoms with Gasteiger partial charge < -0.3 is 0 Å². The van der Waals surface area contributed by atoms with Crippen LogP contribution in [0.1, 0.15) is 40.9 Å². The molecule has 1 aliphatic rings. The standard InChI is InChI=1S/C15H10O.C2H6/c1-10-11-6-2-4-8-13(11)15(16)14-9-5-3-7-12(10)14;1-2/h2-9H,1H2;1-2H3. The quantitative estimate of drug-likeness (QED) is 0.568. The van der Waals surface area contributed by atoms with Gasteiger partial charge in [-0.1, -0.05) is 69.0 Å². The predicted molar refractivity (Wildman–Crippen MR) is 75.8 cm³/mol. The third-order valence-electron chi connectivity index (χ3n) is 2.99. The lowest BCUT2D eigenvalue weighted by Crippen LogP contribution is -2.13. The van der Waals surface area contributed by atoms with Gasteiger partial charge in [0.1, 0.15) is 0 Å². The monoisotopic (exact) mass is 236 g/mol. The van der Waals surface area contributed by atoms with Crippen LogP contribution in [0.2, 0.25) is 0 Å². The average molecular weight is 236 g/mol. The third-order valence-corrected chi connectivity index (χ3v) is 2.99. The van der Waals surface area contributed by atoms with E-state index < -0.39 is 0 Å². The maximum absolute atomic E-state index is 12.2. The number of carbonyl (C=O) groups excluding carboxylic acids is 1. The average Bonchev–Trinajstić information content (AvgIpc) is 2.47. The summed E-state index contributed by atoms with van der Waals surface area (Å²) < 4.78 is 0. The third kappa shape index (κ3) is 1.78. The Bertz CT molecular complexity index is 503. The molecule has 0 saturated carbocycles. The molecule has 0 spiro atoms. The molecule has 0 aliphatic heterocycles. The molecule has 90 valence electrons. The van der Waals surface area contributed by atoms with Crippen molar-refractivity contribution in [1.29, 1.82) is 0 Å². The van der Waals surface area contributed by atoms with Gasteiger partial charge in [-0.25, -0.2) is 0 Å². The number of carbonyl (C=O) groups is 1. The molecule has 0 atom stereocenters. The Morgan fingerprint density at radius 1 is 0.722 bits per heavy atom. The zero-order valence-electron chi connectivity index (χ0n) is 10.7. The maximum atomic E-state index is 12.2. The Hall–Kier alpha value is -2.15. The van der Waals surface area contributed by atoms with Crippen molar-refractivity contribution in [2.24, 2.45) is 0 Å². The fourth-order valence-corrected chi connectivity index (χ4v) is 2.18. The van der Waals surface area contributed by atoms with Gasteiger partial charge in [0, 0.05) is 11.1 Å². The zero-order valence-corrected chi connectivity index (χ0v) is 10.7. The molecule has 2 aromatic rings. The fourth-order valence-electron chi connectivity index (χ4n) is 2.18. The number of ketones is 1. The molecule has 18 heavy (non-hydrogen) atoms. The van der Waals surface area contributed by atoms with Crippen LogP contribution < -0.4 is 0 Å². The van der Waals surface area contributed by atoms with Gasteiger partial charge in [-0.05, 0) is 16.7 Å². The Labute approximate surface area is 108 Å². The van der Waals surface area contributed by atoms with E-state index >= 15 is 0 Å². The summed E-state index contributed by atoms with van der Waals surface area (Å²) in [5, 5.41) is 0. The van der Waals surface area contributed by atoms with Gasteiger partial charge in [0.25, 0.3) is 0 Å². The van der Waals surface area contributed by atoms with Crippen LogP contribution in [0.25, 0.3) is 5.57 Å². The normalized spacial score (nSPS) is 12.1. The van der Waals surface area contributed by atoms with E-state index in [-0.39, 0.29) is 5.78 Å². The van der Waals surface area contributed by atoms with E-state index in [4.69, 9.17) is 0 Å². The summed E-state index contributed by atoms with van der Waals surface area (Å²) >= 11 is 0. The lowest BCUT2D eigenvalue weighted by atomic mass is 9.82. The Morgan fingerprint density at radius 2 is 1.06 bits per heavy atom. The van der Waals surface area contributed by atoms with E-state index in [2.05, 4.69) is 6.58 Å². The van der Waals surface area contributed by atoms with Gasteiger partial charge in [-0.3, -0.25) is 4.79 Å². The first-order chi connectivity index (χ1) is 8.79. The number of fused-ring (bicyclic) bond motifs is 2. The smallest absolute Gasteiger partial charge is 0.194 e. The molecule has 0 amide bonds. The van der Waals surface area contributed by atoms with Gasteiger partial charge in [0.2, 0.25) is 0 Å². The highest BCUT2D eigenvalue weighted by Crippen LogP contribution is 2.34. The van der Waals surface area contributed by atoms with Crippen LogP contribution >= 0.6 is 0 Å². The molecular weight excluding hydrogens is 220 g/mol. The minimum atomic E-state index is 0.0959. The van der Waals surface area contributed by atoms with E-state index in [1.54, 1.807) is 0 Å². The second-order valence-corrected chi connectivity index (χ2v) is 3.90. The molecular formula is C17H16O. The van der Waals surface area contributed by atoms with Gasteiger partial charge in [-0.15, -0.1) is 0 Å². The Balaban J connectivity index is 0.000000574. The lowest BCUT2D eigenvalue weighted by molar-refractivity contribution is 0.103. The van der Waals surface area contributed by atoms with Crippen molar-refractivity contribution >= 4 is 11.4 Å². The van der Waals surface area contributed by atoms with Crippen LogP contribution in [0.3, 0.4) is 0 Å². The number of hydrogen-bond acceptors (Lipinski definition) is 1. The van der Waals surface area contributed by atoms with E-state index in [1.807, 2.05) is 62.4 Å². The van der Waals surface area contributed by atoms with Crippen LogP contribution in [0.5, 0.6) is 0 Å². The topological polar surface area (TPSA) is 17.1 Å². The molecule has 0 heterocycles. The second kappa shape index (κ2) is 5.01. The molecule has 0 radical (unpaired) electrons. The molecule has 2 aromatic carbocycles. The number of hydrogen-bond donors (Lipinski definition) is 0. The highest BCUT2D eigenvalue weighted by molar-refractivity contribution is 6.18. The van der Waals surface area contributed by atoms with Crippen molar-refractivity contribution in [3.63, 3.8) is 0 Å². The van der Waals surface area contributed by atoms with Crippen molar-refractivity contribution < 1.29 is 4.79 Å². The largest absolute Gasteiger partial charge is 0.289 e. The first-order valence-corrected chi connectivity index (χ1v) is 6.21. The van der Waals surface area contributed by atoms with Gasteiger partial charge in [0.05, 0.1) is 0 Å². The predicted octanol–water partition coefficient (Wildman–Crippen LogP) is 4.32. The molecule has 0 fully saturated rings. The van der Waals surface area contributed by atoms with Crippen LogP contribution in [-0.4, -0.2) is 5.78 Å². The van der Waals surface area contributed by atoms with E-state index in [0.29, 0.717) is 0 Å². The summed E-state index contributed by atoms with van der Waals surface area (Å²) in [6, 6.07) is 15.3. The number of benzene rings is 2. The first kappa shape index (κ1) is 12.3. The fraction of sp³-hybridized carbons (Fsp3) is 0.118. The van der Waals surface area contributed by atoms with Crippen LogP contribution in [0.4, 0.5) is 0 Å². The highest BCUT2D eigenvalue weighted by atomic mass is 16.1. The molecule has 1 aliphatic carbocycles. The minimum absolute atomic E-state index is 0.0959. The van der Waals surface area contributed by atoms with Crippen molar-refractivity contribution in [1.82, 2.24) is 0 Å². The first-order valence-electron chi connectivity index (χ1n) is 6.21. The number of rotatable bonds is 0. The highest BCUT2D eigenvalue weighted by Gasteiger charge is 2.24. The van der Waals surface area contributed by atoms with E-state index in [9.17, 15) is 4.79 Å². The molecule has 0 unspecified atom stereocenters. The van der Waals surface area contributed by atoms with Crippen molar-refractivity contribution in [3.8, 4) is 0 Å².